The van der Waals surface area contributed by atoms with Gasteiger partial charge in [-0.1, -0.05) is 41.3 Å². The van der Waals surface area contributed by atoms with Crippen LogP contribution in [0.4, 0.5) is 0 Å². The molecule has 0 heterocycles. The fourth-order valence-electron chi connectivity index (χ4n) is 2.96. The summed E-state index contributed by atoms with van der Waals surface area (Å²) in [5.74, 6) is 1.71. The Kier molecular flexibility index (Phi) is 3.06. The third kappa shape index (κ3) is 2.34. The summed E-state index contributed by atoms with van der Waals surface area (Å²) in [6.45, 7) is 0. The van der Waals surface area contributed by atoms with Crippen LogP contribution in [0, 0.1) is 0 Å². The molecule has 0 radical (unpaired) electrons. The lowest BCUT2D eigenvalue weighted by Crippen LogP contribution is -2.04. The Morgan fingerprint density at radius 3 is 1.88 bits per heavy atom. The van der Waals surface area contributed by atoms with Gasteiger partial charge in [-0.25, -0.2) is 0 Å². The van der Waals surface area contributed by atoms with Gasteiger partial charge in [-0.2, -0.15) is 0 Å². The molecule has 1 heteroatoms. The van der Waals surface area contributed by atoms with Gasteiger partial charge in [0.05, 0.1) is 0 Å². The quantitative estimate of drug-likeness (QED) is 0.682. The summed E-state index contributed by atoms with van der Waals surface area (Å²) < 4.78 is 1.29. The minimum Gasteiger partial charge on any atom is -0.0552 e. The predicted octanol–water partition coefficient (Wildman–Crippen LogP) is 5.37. The third-order valence-electron chi connectivity index (χ3n) is 4.07. The van der Waals surface area contributed by atoms with Crippen LogP contribution in [0.1, 0.15) is 67.9 Å². The molecule has 2 aliphatic carbocycles. The minimum absolute atomic E-state index is 0.837. The first-order valence-corrected chi connectivity index (χ1v) is 7.42. The summed E-state index contributed by atoms with van der Waals surface area (Å²) in [6.07, 6.45) is 9.91. The lowest BCUT2D eigenvalue weighted by atomic mass is 9.83. The molecule has 86 valence electrons. The molecule has 0 aromatic heterocycles. The van der Waals surface area contributed by atoms with E-state index < -0.39 is 0 Å². The van der Waals surface area contributed by atoms with Gasteiger partial charge in [0.2, 0.25) is 0 Å². The first kappa shape index (κ1) is 10.8. The number of hydrogen-bond acceptors (Lipinski definition) is 0. The van der Waals surface area contributed by atoms with Crippen molar-refractivity contribution in [2.24, 2.45) is 0 Å². The molecule has 0 saturated heterocycles. The highest BCUT2D eigenvalue weighted by Crippen LogP contribution is 2.43. The van der Waals surface area contributed by atoms with Crippen LogP contribution in [0.25, 0.3) is 0 Å². The molecular formula is C15H19Br. The van der Waals surface area contributed by atoms with Crippen molar-refractivity contribution in [2.75, 3.05) is 0 Å². The zero-order chi connectivity index (χ0) is 11.0. The summed E-state index contributed by atoms with van der Waals surface area (Å²) >= 11 is 3.68. The molecule has 2 saturated carbocycles. The van der Waals surface area contributed by atoms with E-state index in [1.54, 1.807) is 11.1 Å². The zero-order valence-electron chi connectivity index (χ0n) is 9.71. The van der Waals surface area contributed by atoms with E-state index >= 15 is 0 Å². The fraction of sp³-hybridized carbons (Fsp3) is 0.600. The third-order valence-corrected chi connectivity index (χ3v) is 4.53. The largest absolute Gasteiger partial charge is 0.0552 e. The van der Waals surface area contributed by atoms with Gasteiger partial charge >= 0.3 is 0 Å². The van der Waals surface area contributed by atoms with Gasteiger partial charge in [0, 0.05) is 4.47 Å². The van der Waals surface area contributed by atoms with E-state index in [0.29, 0.717) is 0 Å². The Labute approximate surface area is 107 Å². The van der Waals surface area contributed by atoms with Gasteiger partial charge in [-0.05, 0) is 60.8 Å². The van der Waals surface area contributed by atoms with Gasteiger partial charge in [-0.15, -0.1) is 0 Å². The van der Waals surface area contributed by atoms with Crippen molar-refractivity contribution in [3.8, 4) is 0 Å². The Morgan fingerprint density at radius 1 is 0.750 bits per heavy atom. The van der Waals surface area contributed by atoms with Gasteiger partial charge in [-0.3, -0.25) is 0 Å². The highest BCUT2D eigenvalue weighted by atomic mass is 79.9. The molecule has 0 aliphatic heterocycles. The summed E-state index contributed by atoms with van der Waals surface area (Å²) in [6, 6.07) is 7.16. The van der Waals surface area contributed by atoms with E-state index in [1.807, 2.05) is 0 Å². The number of benzene rings is 1. The maximum atomic E-state index is 3.68. The summed E-state index contributed by atoms with van der Waals surface area (Å²) in [5, 5.41) is 0. The van der Waals surface area contributed by atoms with Crippen LogP contribution in [0.3, 0.4) is 0 Å². The van der Waals surface area contributed by atoms with Crippen molar-refractivity contribution in [1.82, 2.24) is 0 Å². The molecule has 0 atom stereocenters. The smallest absolute Gasteiger partial charge is 0.0180 e. The van der Waals surface area contributed by atoms with Crippen LogP contribution < -0.4 is 0 Å². The lowest BCUT2D eigenvalue weighted by Gasteiger charge is -2.22. The predicted molar refractivity (Wildman–Crippen MR) is 71.9 cm³/mol. The molecule has 0 bridgehead atoms. The lowest BCUT2D eigenvalue weighted by molar-refractivity contribution is 0.443. The van der Waals surface area contributed by atoms with Crippen molar-refractivity contribution >= 4 is 15.9 Å². The van der Waals surface area contributed by atoms with Crippen molar-refractivity contribution in [3.05, 3.63) is 33.8 Å². The second kappa shape index (κ2) is 4.52. The fourth-order valence-corrected chi connectivity index (χ4v) is 3.49. The monoisotopic (exact) mass is 278 g/mol. The minimum atomic E-state index is 0.837. The number of hydrogen-bond donors (Lipinski definition) is 0. The standard InChI is InChI=1S/C15H19Br/c16-15-9-13(11-4-2-1-3-5-11)8-14(10-15)12-6-7-12/h8-12H,1-7H2. The molecule has 16 heavy (non-hydrogen) atoms. The molecule has 0 amide bonds. The molecule has 2 aliphatic rings. The van der Waals surface area contributed by atoms with E-state index in [2.05, 4.69) is 34.1 Å². The second-order valence-corrected chi connectivity index (χ2v) is 6.34. The van der Waals surface area contributed by atoms with Crippen LogP contribution in [-0.2, 0) is 0 Å². The Bertz CT molecular complexity index is 373. The second-order valence-electron chi connectivity index (χ2n) is 5.43. The summed E-state index contributed by atoms with van der Waals surface area (Å²) in [4.78, 5) is 0. The van der Waals surface area contributed by atoms with E-state index in [4.69, 9.17) is 0 Å². The normalized spacial score (nSPS) is 22.3. The average molecular weight is 279 g/mol. The molecular weight excluding hydrogens is 260 g/mol. The maximum absolute atomic E-state index is 3.68. The molecule has 3 rings (SSSR count). The van der Waals surface area contributed by atoms with Crippen LogP contribution in [0.2, 0.25) is 0 Å². The van der Waals surface area contributed by atoms with Crippen molar-refractivity contribution in [2.45, 2.75) is 56.8 Å². The number of rotatable bonds is 2. The molecule has 0 unspecified atom stereocenters. The first-order valence-electron chi connectivity index (χ1n) is 6.63. The highest BCUT2D eigenvalue weighted by molar-refractivity contribution is 9.10. The van der Waals surface area contributed by atoms with Crippen molar-refractivity contribution in [3.63, 3.8) is 0 Å². The summed E-state index contributed by atoms with van der Waals surface area (Å²) in [5.41, 5.74) is 3.17. The van der Waals surface area contributed by atoms with E-state index in [1.165, 1.54) is 49.4 Å². The van der Waals surface area contributed by atoms with E-state index in [-0.39, 0.29) is 0 Å². The van der Waals surface area contributed by atoms with Crippen LogP contribution in [-0.4, -0.2) is 0 Å². The van der Waals surface area contributed by atoms with Gasteiger partial charge in [0.1, 0.15) is 0 Å². The molecule has 1 aromatic rings. The van der Waals surface area contributed by atoms with Gasteiger partial charge in [0.25, 0.3) is 0 Å². The highest BCUT2D eigenvalue weighted by Gasteiger charge is 2.25. The van der Waals surface area contributed by atoms with Crippen molar-refractivity contribution in [1.29, 1.82) is 0 Å². The van der Waals surface area contributed by atoms with Crippen LogP contribution in [0.15, 0.2) is 22.7 Å². The SMILES string of the molecule is Brc1cc(C2CCCCC2)cc(C2CC2)c1. The topological polar surface area (TPSA) is 0 Å². The molecule has 0 nitrogen and oxygen atoms in total. The molecule has 0 spiro atoms. The number of halogens is 1. The maximum Gasteiger partial charge on any atom is 0.0180 e. The van der Waals surface area contributed by atoms with Gasteiger partial charge in [0.15, 0.2) is 0 Å². The Morgan fingerprint density at radius 2 is 1.31 bits per heavy atom. The van der Waals surface area contributed by atoms with Crippen LogP contribution in [0.5, 0.6) is 0 Å². The van der Waals surface area contributed by atoms with Crippen LogP contribution >= 0.6 is 15.9 Å². The van der Waals surface area contributed by atoms with E-state index in [0.717, 1.165) is 11.8 Å². The average Bonchev–Trinajstić information content (AvgIpc) is 3.13. The first-order chi connectivity index (χ1) is 7.83. The zero-order valence-corrected chi connectivity index (χ0v) is 11.3. The molecule has 1 aromatic carbocycles. The molecule has 2 fully saturated rings. The Balaban J connectivity index is 1.86. The van der Waals surface area contributed by atoms with Crippen molar-refractivity contribution < 1.29 is 0 Å². The van der Waals surface area contributed by atoms with E-state index in [9.17, 15) is 0 Å². The van der Waals surface area contributed by atoms with Gasteiger partial charge < -0.3 is 0 Å². The molecule has 0 N–H and O–H groups in total. The Hall–Kier alpha value is -0.300. The summed E-state index contributed by atoms with van der Waals surface area (Å²) in [7, 11) is 0.